The number of hydrogen-bond donors (Lipinski definition) is 0. The minimum atomic E-state index is -1.25. The van der Waals surface area contributed by atoms with Gasteiger partial charge in [0, 0.05) is 7.29 Å². The van der Waals surface area contributed by atoms with Crippen molar-refractivity contribution in [3.05, 3.63) is 0 Å². The van der Waals surface area contributed by atoms with Crippen LogP contribution in [-0.4, -0.2) is 41.6 Å². The van der Waals surface area contributed by atoms with Gasteiger partial charge in [0.25, 0.3) is 0 Å². The number of likely N-dealkylation sites (tertiary alicyclic amines) is 1. The van der Waals surface area contributed by atoms with Gasteiger partial charge in [0.15, 0.2) is 0 Å². The molecule has 102 valence electrons. The van der Waals surface area contributed by atoms with Crippen molar-refractivity contribution in [1.29, 1.82) is 0 Å². The number of esters is 1. The Labute approximate surface area is 108 Å². The van der Waals surface area contributed by atoms with Crippen molar-refractivity contribution in [3.63, 3.8) is 0 Å². The molecule has 0 radical (unpaired) electrons. The van der Waals surface area contributed by atoms with E-state index in [1.165, 1.54) is 6.92 Å². The van der Waals surface area contributed by atoms with Crippen LogP contribution in [0.5, 0.6) is 0 Å². The highest BCUT2D eigenvalue weighted by atomic mass is 16.6. The van der Waals surface area contributed by atoms with E-state index in [4.69, 9.17) is 6.11 Å². The smallest absolute Gasteiger partial charge is 0.417 e. The summed E-state index contributed by atoms with van der Waals surface area (Å²) in [5.41, 5.74) is -0.790. The summed E-state index contributed by atoms with van der Waals surface area (Å²) in [6, 6.07) is -1.25. The van der Waals surface area contributed by atoms with E-state index in [0.29, 0.717) is 4.90 Å². The fraction of sp³-hybridized carbons (Fsp3) is 0.750. The van der Waals surface area contributed by atoms with Gasteiger partial charge in [-0.15, -0.1) is 0 Å². The van der Waals surface area contributed by atoms with Crippen molar-refractivity contribution in [2.75, 3.05) is 7.11 Å². The van der Waals surface area contributed by atoms with E-state index in [2.05, 4.69) is 4.74 Å². The minimum absolute atomic E-state index is 0.593. The van der Waals surface area contributed by atoms with Gasteiger partial charge >= 0.3 is 12.1 Å². The SMILES string of the molecule is [2H][C@H]1C(C)C(=O)N(C(=O)OC(C)(C)C)[C@@H]1C(=O)OC. The van der Waals surface area contributed by atoms with Crippen molar-refractivity contribution >= 4 is 18.0 Å². The van der Waals surface area contributed by atoms with Crippen LogP contribution in [0, 0.1) is 5.92 Å². The second-order valence-electron chi connectivity index (χ2n) is 5.14. The average Bonchev–Trinajstić information content (AvgIpc) is 2.50. The van der Waals surface area contributed by atoms with Gasteiger partial charge in [-0.1, -0.05) is 6.92 Å². The van der Waals surface area contributed by atoms with Crippen LogP contribution in [0.3, 0.4) is 0 Å². The molecule has 0 spiro atoms. The van der Waals surface area contributed by atoms with Crippen molar-refractivity contribution in [3.8, 4) is 0 Å². The number of methoxy groups -OCH3 is 1. The fourth-order valence-electron chi connectivity index (χ4n) is 1.62. The highest BCUT2D eigenvalue weighted by molar-refractivity contribution is 6.00. The number of carbonyl (C=O) groups excluding carboxylic acids is 3. The van der Waals surface area contributed by atoms with Crippen molar-refractivity contribution in [2.24, 2.45) is 5.92 Å². The summed E-state index contributed by atoms with van der Waals surface area (Å²) in [4.78, 5) is 36.3. The lowest BCUT2D eigenvalue weighted by Gasteiger charge is -2.26. The molecule has 3 atom stereocenters. The number of hydrogen-bond acceptors (Lipinski definition) is 5. The normalized spacial score (nSPS) is 28.9. The fourth-order valence-corrected chi connectivity index (χ4v) is 1.62. The summed E-state index contributed by atoms with van der Waals surface area (Å²) < 4.78 is 17.5. The van der Waals surface area contributed by atoms with Crippen LogP contribution < -0.4 is 0 Å². The second-order valence-corrected chi connectivity index (χ2v) is 5.14. The second kappa shape index (κ2) is 4.96. The first-order chi connectivity index (χ1) is 8.60. The molecule has 2 amide bonds. The first kappa shape index (κ1) is 12.9. The van der Waals surface area contributed by atoms with E-state index in [1.54, 1.807) is 20.8 Å². The zero-order valence-corrected chi connectivity index (χ0v) is 11.2. The highest BCUT2D eigenvalue weighted by Crippen LogP contribution is 2.27. The van der Waals surface area contributed by atoms with E-state index in [9.17, 15) is 14.4 Å². The van der Waals surface area contributed by atoms with Gasteiger partial charge in [-0.2, -0.15) is 0 Å². The molecule has 6 heteroatoms. The molecule has 1 fully saturated rings. The molecule has 6 nitrogen and oxygen atoms in total. The van der Waals surface area contributed by atoms with Gasteiger partial charge in [-0.25, -0.2) is 14.5 Å². The number of imide groups is 1. The summed E-state index contributed by atoms with van der Waals surface area (Å²) in [7, 11) is 1.15. The molecule has 1 unspecified atom stereocenters. The standard InChI is InChI=1S/C12H19NO5/c1-7-6-8(10(15)17-5)13(9(7)14)11(16)18-12(2,3)4/h7-8H,6H2,1-5H3/t7?,8-/m0/s1/i6D/t6-,7?,8-. The predicted molar refractivity (Wildman–Crippen MR) is 62.7 cm³/mol. The third-order valence-corrected chi connectivity index (χ3v) is 2.41. The summed E-state index contributed by atoms with van der Waals surface area (Å²) in [6.07, 6.45) is -1.97. The number of carbonyl (C=O) groups is 3. The molecular weight excluding hydrogens is 238 g/mol. The molecular formula is C12H19NO5. The first-order valence-electron chi connectivity index (χ1n) is 6.24. The van der Waals surface area contributed by atoms with E-state index < -0.39 is 41.9 Å². The summed E-state index contributed by atoms with van der Waals surface area (Å²) >= 11 is 0. The van der Waals surface area contributed by atoms with Crippen LogP contribution in [0.4, 0.5) is 4.79 Å². The van der Waals surface area contributed by atoms with E-state index >= 15 is 0 Å². The molecule has 1 aliphatic rings. The third-order valence-electron chi connectivity index (χ3n) is 2.41. The monoisotopic (exact) mass is 258 g/mol. The van der Waals surface area contributed by atoms with Gasteiger partial charge in [-0.05, 0) is 27.2 Å². The zero-order chi connectivity index (χ0) is 15.0. The highest BCUT2D eigenvalue weighted by Gasteiger charge is 2.46. The molecule has 18 heavy (non-hydrogen) atoms. The zero-order valence-electron chi connectivity index (χ0n) is 12.2. The molecule has 0 N–H and O–H groups in total. The Hall–Kier alpha value is -1.59. The van der Waals surface area contributed by atoms with Crippen LogP contribution in [0.2, 0.25) is 0 Å². The molecule has 0 bridgehead atoms. The molecule has 1 aliphatic heterocycles. The maximum atomic E-state index is 12.0. The molecule has 0 aliphatic carbocycles. The van der Waals surface area contributed by atoms with Gasteiger partial charge in [-0.3, -0.25) is 4.79 Å². The van der Waals surface area contributed by atoms with Crippen LogP contribution >= 0.6 is 0 Å². The van der Waals surface area contributed by atoms with Crippen LogP contribution in [0.1, 0.15) is 35.5 Å². The first-order valence-corrected chi connectivity index (χ1v) is 5.66. The number of amides is 2. The lowest BCUT2D eigenvalue weighted by atomic mass is 10.1. The number of nitrogens with zero attached hydrogens (tertiary/aromatic N) is 1. The Kier molecular flexibility index (Phi) is 3.54. The molecule has 0 saturated carbocycles. The summed E-state index contributed by atoms with van der Waals surface area (Å²) in [6.45, 7) is 6.46. The Bertz CT molecular complexity index is 403. The Morgan fingerprint density at radius 2 is 2.00 bits per heavy atom. The largest absolute Gasteiger partial charge is 0.467 e. The molecule has 0 aromatic heterocycles. The van der Waals surface area contributed by atoms with E-state index in [1.807, 2.05) is 0 Å². The van der Waals surface area contributed by atoms with Gasteiger partial charge in [0.2, 0.25) is 5.91 Å². The van der Waals surface area contributed by atoms with Gasteiger partial charge < -0.3 is 9.47 Å². The van der Waals surface area contributed by atoms with E-state index in [0.717, 1.165) is 7.11 Å². The maximum absolute atomic E-state index is 12.0. The Balaban J connectivity index is 3.04. The summed E-state index contributed by atoms with van der Waals surface area (Å²) in [5.74, 6) is -2.13. The molecule has 0 aromatic carbocycles. The molecule has 0 aromatic rings. The lowest BCUT2D eigenvalue weighted by Crippen LogP contribution is -2.46. The third kappa shape index (κ3) is 3.00. The van der Waals surface area contributed by atoms with Crippen LogP contribution in [-0.2, 0) is 19.1 Å². The maximum Gasteiger partial charge on any atom is 0.417 e. The molecule has 1 heterocycles. The van der Waals surface area contributed by atoms with Gasteiger partial charge in [0.1, 0.15) is 11.6 Å². The molecule has 1 rings (SSSR count). The van der Waals surface area contributed by atoms with Gasteiger partial charge in [0.05, 0.1) is 7.11 Å². The lowest BCUT2D eigenvalue weighted by molar-refractivity contribution is -0.148. The van der Waals surface area contributed by atoms with E-state index in [-0.39, 0.29) is 0 Å². The Morgan fingerprint density at radius 1 is 1.44 bits per heavy atom. The number of rotatable bonds is 1. The van der Waals surface area contributed by atoms with Crippen LogP contribution in [0.25, 0.3) is 0 Å². The Morgan fingerprint density at radius 3 is 2.44 bits per heavy atom. The summed E-state index contributed by atoms with van der Waals surface area (Å²) in [5, 5.41) is 0. The van der Waals surface area contributed by atoms with Crippen molar-refractivity contribution in [1.82, 2.24) is 4.90 Å². The quantitative estimate of drug-likeness (QED) is 0.663. The average molecular weight is 258 g/mol. The van der Waals surface area contributed by atoms with Crippen molar-refractivity contribution < 1.29 is 25.2 Å². The predicted octanol–water partition coefficient (Wildman–Crippen LogP) is 1.33. The molecule has 1 saturated heterocycles. The van der Waals surface area contributed by atoms with Crippen molar-refractivity contribution in [2.45, 2.75) is 45.7 Å². The number of ether oxygens (including phenoxy) is 2. The minimum Gasteiger partial charge on any atom is -0.467 e. The topological polar surface area (TPSA) is 72.9 Å². The van der Waals surface area contributed by atoms with Crippen LogP contribution in [0.15, 0.2) is 0 Å².